The van der Waals surface area contributed by atoms with Gasteiger partial charge in [-0.05, 0) is 0 Å². The largest absolute Gasteiger partial charge is 0.370 e. The van der Waals surface area contributed by atoms with Gasteiger partial charge in [-0.25, -0.2) is 0 Å². The summed E-state index contributed by atoms with van der Waals surface area (Å²) in [7, 11) is 0. The van der Waals surface area contributed by atoms with Gasteiger partial charge in [-0.15, -0.1) is 0 Å². The van der Waals surface area contributed by atoms with E-state index in [1.165, 1.54) is 0 Å². The lowest BCUT2D eigenvalue weighted by Crippen LogP contribution is -2.26. The van der Waals surface area contributed by atoms with E-state index >= 15 is 0 Å². The lowest BCUT2D eigenvalue weighted by molar-refractivity contribution is 0.388. The summed E-state index contributed by atoms with van der Waals surface area (Å²) in [5.74, 6) is 0.872. The monoisotopic (exact) mass is 196 g/mol. The molecule has 76 valence electrons. The van der Waals surface area contributed by atoms with Crippen LogP contribution in [0, 0.1) is 0 Å². The number of aliphatic imine (C=N–C) groups is 2. The molecule has 0 aromatic carbocycles. The molecule has 0 unspecified atom stereocenters. The third-order valence-corrected chi connectivity index (χ3v) is 1.37. The lowest BCUT2D eigenvalue weighted by Gasteiger charge is -1.90. The second-order valence-corrected chi connectivity index (χ2v) is 2.51. The van der Waals surface area contributed by atoms with Gasteiger partial charge in [0, 0.05) is 12.5 Å². The molecule has 0 aliphatic rings. The lowest BCUT2D eigenvalue weighted by atomic mass is 10.4. The van der Waals surface area contributed by atoms with Gasteiger partial charge in [0.15, 0.2) is 11.8 Å². The molecule has 6 N–H and O–H groups in total. The number of rotatable bonds is 2. The van der Waals surface area contributed by atoms with E-state index in [0.717, 1.165) is 12.2 Å². The first kappa shape index (κ1) is 10.0. The van der Waals surface area contributed by atoms with E-state index in [2.05, 4.69) is 15.1 Å². The average Bonchev–Trinajstić information content (AvgIpc) is 2.50. The molecule has 7 heteroatoms. The van der Waals surface area contributed by atoms with Crippen molar-refractivity contribution in [1.82, 2.24) is 5.16 Å². The number of aromatic nitrogens is 1. The number of aryl methyl sites for hydroxylation is 1. The van der Waals surface area contributed by atoms with Crippen LogP contribution in [0.4, 0.5) is 5.82 Å². The number of nitrogens with zero attached hydrogens (tertiary/aromatic N) is 3. The fraction of sp³-hybridized carbons (Fsp3) is 0.286. The smallest absolute Gasteiger partial charge is 0.225 e. The molecule has 0 saturated heterocycles. The molecule has 0 radical (unpaired) electrons. The first-order valence-electron chi connectivity index (χ1n) is 4.01. The Morgan fingerprint density at radius 3 is 2.71 bits per heavy atom. The number of hydrogen-bond donors (Lipinski definition) is 3. The number of nitrogens with two attached hydrogens (primary N) is 3. The van der Waals surface area contributed by atoms with Crippen molar-refractivity contribution in [2.45, 2.75) is 13.3 Å². The van der Waals surface area contributed by atoms with Crippen molar-refractivity contribution in [3.05, 3.63) is 11.8 Å². The average molecular weight is 196 g/mol. The topological polar surface area (TPSA) is 129 Å². The zero-order valence-electron chi connectivity index (χ0n) is 7.77. The van der Waals surface area contributed by atoms with Crippen molar-refractivity contribution in [1.29, 1.82) is 0 Å². The third-order valence-electron chi connectivity index (χ3n) is 1.37. The summed E-state index contributed by atoms with van der Waals surface area (Å²) in [4.78, 5) is 7.34. The summed E-state index contributed by atoms with van der Waals surface area (Å²) in [5, 5.41) is 3.64. The van der Waals surface area contributed by atoms with Gasteiger partial charge in [-0.2, -0.15) is 9.98 Å². The maximum absolute atomic E-state index is 5.38. The summed E-state index contributed by atoms with van der Waals surface area (Å²) >= 11 is 0. The molecule has 1 heterocycles. The second kappa shape index (κ2) is 4.26. The normalized spacial score (nSPS) is 11.4. The molecule has 0 fully saturated rings. The van der Waals surface area contributed by atoms with Crippen LogP contribution in [0.15, 0.2) is 20.6 Å². The van der Waals surface area contributed by atoms with Gasteiger partial charge in [0.2, 0.25) is 5.96 Å². The Labute approximate surface area is 80.7 Å². The molecule has 0 bridgehead atoms. The summed E-state index contributed by atoms with van der Waals surface area (Å²) in [6.45, 7) is 1.94. The molecule has 0 saturated carbocycles. The van der Waals surface area contributed by atoms with Gasteiger partial charge in [0.25, 0.3) is 0 Å². The SMILES string of the molecule is CCc1cc(N=C(N)N=C(N)N)no1. The van der Waals surface area contributed by atoms with Crippen LogP contribution in [0.5, 0.6) is 0 Å². The number of hydrogen-bond acceptors (Lipinski definition) is 3. The summed E-state index contributed by atoms with van der Waals surface area (Å²) < 4.78 is 4.90. The summed E-state index contributed by atoms with van der Waals surface area (Å²) in [6, 6.07) is 1.66. The van der Waals surface area contributed by atoms with Crippen LogP contribution in [0.2, 0.25) is 0 Å². The van der Waals surface area contributed by atoms with E-state index in [1.807, 2.05) is 6.92 Å². The van der Waals surface area contributed by atoms with Crippen molar-refractivity contribution in [3.63, 3.8) is 0 Å². The van der Waals surface area contributed by atoms with E-state index < -0.39 is 0 Å². The molecule has 0 spiro atoms. The highest BCUT2D eigenvalue weighted by molar-refractivity contribution is 5.93. The molecule has 0 aliphatic heterocycles. The molecule has 0 amide bonds. The minimum Gasteiger partial charge on any atom is -0.370 e. The molecule has 7 nitrogen and oxygen atoms in total. The van der Waals surface area contributed by atoms with E-state index in [0.29, 0.717) is 5.82 Å². The number of guanidine groups is 2. The third kappa shape index (κ3) is 2.77. The molecule has 1 aromatic heterocycles. The van der Waals surface area contributed by atoms with Crippen molar-refractivity contribution < 1.29 is 4.52 Å². The van der Waals surface area contributed by atoms with Gasteiger partial charge >= 0.3 is 0 Å². The standard InChI is InChI=1S/C7H12N6O/c1-2-4-3-5(13-14-4)11-7(10)12-6(8)9/h3H,2H2,1H3,(H6,8,9,10,11,12,13). The fourth-order valence-electron chi connectivity index (χ4n) is 0.796. The van der Waals surface area contributed by atoms with Crippen molar-refractivity contribution in [2.24, 2.45) is 27.2 Å². The highest BCUT2D eigenvalue weighted by Crippen LogP contribution is 2.12. The summed E-state index contributed by atoms with van der Waals surface area (Å²) in [6.07, 6.45) is 0.741. The van der Waals surface area contributed by atoms with Crippen LogP contribution in [-0.2, 0) is 6.42 Å². The molecule has 0 atom stereocenters. The maximum atomic E-state index is 5.38. The second-order valence-electron chi connectivity index (χ2n) is 2.51. The highest BCUT2D eigenvalue weighted by Gasteiger charge is 2.00. The van der Waals surface area contributed by atoms with Crippen LogP contribution in [0.3, 0.4) is 0 Å². The first-order chi connectivity index (χ1) is 6.61. The maximum Gasteiger partial charge on any atom is 0.225 e. The fourth-order valence-corrected chi connectivity index (χ4v) is 0.796. The quantitative estimate of drug-likeness (QED) is 0.432. The molecule has 1 aromatic rings. The Hall–Kier alpha value is -2.05. The molecular weight excluding hydrogens is 184 g/mol. The Morgan fingerprint density at radius 2 is 2.21 bits per heavy atom. The van der Waals surface area contributed by atoms with Crippen LogP contribution in [0.1, 0.15) is 12.7 Å². The molecule has 1 rings (SSSR count). The van der Waals surface area contributed by atoms with E-state index in [1.54, 1.807) is 6.07 Å². The minimum absolute atomic E-state index is 0.0547. The zero-order valence-corrected chi connectivity index (χ0v) is 7.77. The van der Waals surface area contributed by atoms with Crippen molar-refractivity contribution in [3.8, 4) is 0 Å². The van der Waals surface area contributed by atoms with Crippen LogP contribution in [-0.4, -0.2) is 17.1 Å². The molecule has 0 aliphatic carbocycles. The van der Waals surface area contributed by atoms with Gasteiger partial charge < -0.3 is 21.7 Å². The van der Waals surface area contributed by atoms with E-state index in [9.17, 15) is 0 Å². The van der Waals surface area contributed by atoms with Crippen LogP contribution in [0.25, 0.3) is 0 Å². The van der Waals surface area contributed by atoms with Crippen LogP contribution >= 0.6 is 0 Å². The van der Waals surface area contributed by atoms with Gasteiger partial charge in [-0.3, -0.25) is 0 Å². The van der Waals surface area contributed by atoms with Crippen molar-refractivity contribution in [2.75, 3.05) is 0 Å². The van der Waals surface area contributed by atoms with Gasteiger partial charge in [-0.1, -0.05) is 12.1 Å². The predicted molar refractivity (Wildman–Crippen MR) is 53.0 cm³/mol. The molecule has 14 heavy (non-hydrogen) atoms. The Kier molecular flexibility index (Phi) is 3.05. The Balaban J connectivity index is 2.81. The van der Waals surface area contributed by atoms with Gasteiger partial charge in [0.05, 0.1) is 0 Å². The van der Waals surface area contributed by atoms with Gasteiger partial charge in [0.1, 0.15) is 5.76 Å². The Bertz CT molecular complexity index is 362. The minimum atomic E-state index is -0.148. The molecular formula is C7H12N6O. The Morgan fingerprint density at radius 1 is 1.50 bits per heavy atom. The van der Waals surface area contributed by atoms with E-state index in [4.69, 9.17) is 21.7 Å². The van der Waals surface area contributed by atoms with Crippen molar-refractivity contribution >= 4 is 17.7 Å². The first-order valence-corrected chi connectivity index (χ1v) is 4.01. The van der Waals surface area contributed by atoms with E-state index in [-0.39, 0.29) is 11.9 Å². The predicted octanol–water partition coefficient (Wildman–Crippen LogP) is -0.543. The van der Waals surface area contributed by atoms with Crippen LogP contribution < -0.4 is 17.2 Å². The summed E-state index contributed by atoms with van der Waals surface area (Å²) in [5.41, 5.74) is 15.6. The zero-order chi connectivity index (χ0) is 10.6. The highest BCUT2D eigenvalue weighted by atomic mass is 16.5.